The van der Waals surface area contributed by atoms with E-state index in [1.165, 1.54) is 6.33 Å². The van der Waals surface area contributed by atoms with Crippen LogP contribution in [-0.4, -0.2) is 45.2 Å². The first kappa shape index (κ1) is 21.0. The highest BCUT2D eigenvalue weighted by atomic mass is 31.3. The molecule has 6 atom stereocenters. The molecule has 6 N–H and O–H groups in total. The zero-order chi connectivity index (χ0) is 21.2. The van der Waals surface area contributed by atoms with Gasteiger partial charge in [-0.2, -0.15) is 8.62 Å². The molecule has 0 bridgehead atoms. The average molecular weight is 471 g/mol. The maximum absolute atomic E-state index is 11.9. The van der Waals surface area contributed by atoms with Crippen LogP contribution in [0.4, 0.5) is 5.82 Å². The number of rotatable bonds is 7. The highest BCUT2D eigenvalue weighted by Gasteiger charge is 2.60. The van der Waals surface area contributed by atoms with Crippen molar-refractivity contribution in [2.24, 2.45) is 11.8 Å². The summed E-state index contributed by atoms with van der Waals surface area (Å²) in [5.41, 5.74) is 6.80. The maximum Gasteiger partial charge on any atom is 0.490 e. The molecule has 2 aliphatic rings. The first-order chi connectivity index (χ1) is 13.4. The van der Waals surface area contributed by atoms with Crippen molar-refractivity contribution < 1.29 is 46.4 Å². The summed E-state index contributed by atoms with van der Waals surface area (Å²) in [5, 5.41) is 0. The number of phosphoric ester groups is 1. The summed E-state index contributed by atoms with van der Waals surface area (Å²) in [6.45, 7) is 0. The Bertz CT molecular complexity index is 1090. The van der Waals surface area contributed by atoms with Gasteiger partial charge in [-0.3, -0.25) is 4.52 Å². The Labute approximate surface area is 162 Å². The molecule has 0 amide bonds. The number of aromatic nitrogens is 4. The number of nitrogens with two attached hydrogens (primary N) is 1. The van der Waals surface area contributed by atoms with E-state index in [0.717, 1.165) is 0 Å². The van der Waals surface area contributed by atoms with Gasteiger partial charge in [0.1, 0.15) is 11.8 Å². The number of nitrogens with zero attached hydrogens (tertiary/aromatic N) is 4. The molecule has 2 fully saturated rings. The Morgan fingerprint density at radius 2 is 1.66 bits per heavy atom. The highest BCUT2D eigenvalue weighted by Crippen LogP contribution is 2.69. The van der Waals surface area contributed by atoms with Gasteiger partial charge in [-0.15, -0.1) is 0 Å². The van der Waals surface area contributed by atoms with Crippen LogP contribution >= 0.6 is 23.5 Å². The third-order valence-electron chi connectivity index (χ3n) is 4.79. The van der Waals surface area contributed by atoms with E-state index in [1.807, 2.05) is 4.57 Å². The van der Waals surface area contributed by atoms with Crippen molar-refractivity contribution in [1.82, 2.24) is 19.5 Å². The van der Waals surface area contributed by atoms with E-state index in [0.29, 0.717) is 24.0 Å². The van der Waals surface area contributed by atoms with Gasteiger partial charge < -0.3 is 29.9 Å². The van der Waals surface area contributed by atoms with Gasteiger partial charge in [-0.25, -0.2) is 28.6 Å². The van der Waals surface area contributed by atoms with Crippen LogP contribution in [0.2, 0.25) is 0 Å². The largest absolute Gasteiger partial charge is 0.490 e. The lowest BCUT2D eigenvalue weighted by Gasteiger charge is -2.19. The van der Waals surface area contributed by atoms with Gasteiger partial charge >= 0.3 is 23.5 Å². The molecule has 2 aromatic rings. The quantitative estimate of drug-likeness (QED) is 0.350. The van der Waals surface area contributed by atoms with Crippen molar-refractivity contribution in [3.05, 3.63) is 12.7 Å². The molecule has 2 heterocycles. The zero-order valence-corrected chi connectivity index (χ0v) is 17.0. The van der Waals surface area contributed by atoms with Crippen molar-refractivity contribution in [2.45, 2.75) is 25.0 Å². The first-order valence-corrected chi connectivity index (χ1v) is 12.6. The van der Waals surface area contributed by atoms with Gasteiger partial charge in [0, 0.05) is 6.04 Å². The van der Waals surface area contributed by atoms with E-state index in [2.05, 4.69) is 23.6 Å². The molecule has 0 saturated heterocycles. The Kier molecular flexibility index (Phi) is 4.99. The first-order valence-electron chi connectivity index (χ1n) is 8.10. The summed E-state index contributed by atoms with van der Waals surface area (Å²) < 4.78 is 48.1. The minimum Gasteiger partial charge on any atom is -0.382 e. The number of imidazole rings is 1. The molecule has 2 aromatic heterocycles. The molecular formula is C11H16N5O10P3. The normalized spacial score (nSPS) is 30.6. The number of anilines is 1. The molecule has 0 aromatic carbocycles. The number of nitrogen functional groups attached to an aromatic ring is 1. The molecule has 0 aliphatic heterocycles. The smallest absolute Gasteiger partial charge is 0.382 e. The summed E-state index contributed by atoms with van der Waals surface area (Å²) in [6.07, 6.45) is 3.30. The van der Waals surface area contributed by atoms with Crippen LogP contribution in [0.5, 0.6) is 0 Å². The van der Waals surface area contributed by atoms with Crippen molar-refractivity contribution >= 4 is 40.4 Å². The van der Waals surface area contributed by atoms with Gasteiger partial charge in [-0.1, -0.05) is 0 Å². The van der Waals surface area contributed by atoms with Crippen LogP contribution in [0.1, 0.15) is 18.9 Å². The van der Waals surface area contributed by atoms with Gasteiger partial charge in [-0.05, 0) is 24.7 Å². The van der Waals surface area contributed by atoms with E-state index >= 15 is 0 Å². The van der Waals surface area contributed by atoms with Crippen LogP contribution in [-0.2, 0) is 26.8 Å². The summed E-state index contributed by atoms with van der Waals surface area (Å²) in [7, 11) is -16.1. The molecule has 0 spiro atoms. The average Bonchev–Trinajstić information content (AvgIpc) is 2.93. The van der Waals surface area contributed by atoms with E-state index in [4.69, 9.17) is 20.0 Å². The van der Waals surface area contributed by atoms with Gasteiger partial charge in [0.15, 0.2) is 11.5 Å². The number of fused-ring (bicyclic) bond motifs is 2. The minimum absolute atomic E-state index is 0.00919. The van der Waals surface area contributed by atoms with Crippen LogP contribution in [0.25, 0.3) is 11.2 Å². The molecule has 0 radical (unpaired) electrons. The molecule has 2 aliphatic carbocycles. The second-order valence-electron chi connectivity index (χ2n) is 6.70. The van der Waals surface area contributed by atoms with E-state index in [1.54, 1.807) is 6.33 Å². The van der Waals surface area contributed by atoms with Crippen LogP contribution in [0.15, 0.2) is 12.7 Å². The molecule has 15 nitrogen and oxygen atoms in total. The monoisotopic (exact) mass is 471 g/mol. The lowest BCUT2D eigenvalue weighted by atomic mass is 10.1. The van der Waals surface area contributed by atoms with Crippen LogP contribution in [0.3, 0.4) is 0 Å². The highest BCUT2D eigenvalue weighted by molar-refractivity contribution is 7.66. The SMILES string of the molecule is Nc1ncnc2c1ncn2C1CC2C(OP(=O)(O)OP(=O)(O)OP(=O)(O)O)[C@H]2C1. The van der Waals surface area contributed by atoms with Crippen molar-refractivity contribution in [3.8, 4) is 0 Å². The predicted molar refractivity (Wildman–Crippen MR) is 93.7 cm³/mol. The Morgan fingerprint density at radius 3 is 2.28 bits per heavy atom. The molecule has 18 heteroatoms. The molecule has 4 rings (SSSR count). The van der Waals surface area contributed by atoms with Crippen LogP contribution in [0, 0.1) is 11.8 Å². The minimum atomic E-state index is -5.52. The Hall–Kier alpha value is -1.24. The third kappa shape index (κ3) is 4.44. The number of hydrogen-bond acceptors (Lipinski definition) is 10. The maximum atomic E-state index is 11.9. The summed E-state index contributed by atoms with van der Waals surface area (Å²) in [4.78, 5) is 48.1. The van der Waals surface area contributed by atoms with Gasteiger partial charge in [0.25, 0.3) is 0 Å². The fourth-order valence-electron chi connectivity index (χ4n) is 3.73. The van der Waals surface area contributed by atoms with E-state index in [9.17, 15) is 23.5 Å². The second-order valence-corrected chi connectivity index (χ2v) is 11.1. The lowest BCUT2D eigenvalue weighted by molar-refractivity contribution is 0.148. The third-order valence-corrected chi connectivity index (χ3v) is 8.63. The predicted octanol–water partition coefficient (Wildman–Crippen LogP) is 0.701. The summed E-state index contributed by atoms with van der Waals surface area (Å²) in [6, 6.07) is -0.00919. The molecule has 2 saturated carbocycles. The van der Waals surface area contributed by atoms with Crippen LogP contribution < -0.4 is 5.73 Å². The lowest BCUT2D eigenvalue weighted by Crippen LogP contribution is -2.11. The van der Waals surface area contributed by atoms with Crippen molar-refractivity contribution in [3.63, 3.8) is 0 Å². The molecule has 5 unspecified atom stereocenters. The fourth-order valence-corrected chi connectivity index (χ4v) is 7.01. The van der Waals surface area contributed by atoms with Gasteiger partial charge in [0.2, 0.25) is 0 Å². The van der Waals surface area contributed by atoms with Gasteiger partial charge in [0.05, 0.1) is 12.4 Å². The van der Waals surface area contributed by atoms with E-state index in [-0.39, 0.29) is 23.7 Å². The number of phosphoric acid groups is 3. The van der Waals surface area contributed by atoms with Crippen molar-refractivity contribution in [2.75, 3.05) is 5.73 Å². The second kappa shape index (κ2) is 6.89. The molecule has 160 valence electrons. The van der Waals surface area contributed by atoms with Crippen molar-refractivity contribution in [1.29, 1.82) is 0 Å². The number of hydrogen-bond donors (Lipinski definition) is 5. The summed E-state index contributed by atoms with van der Waals surface area (Å²) in [5.74, 6) is 0.00502. The Balaban J connectivity index is 1.38. The zero-order valence-electron chi connectivity index (χ0n) is 14.3. The molecule has 29 heavy (non-hydrogen) atoms. The summed E-state index contributed by atoms with van der Waals surface area (Å²) >= 11 is 0. The standard InChI is InChI=1S/C11H16N5O10P3/c12-10-8-11(14-3-13-10)16(4-15-8)5-1-6-7(2-5)9(6)24-28(20,21)26-29(22,23)25-27(17,18)19/h3-7,9H,1-2H2,(H,20,21)(H,22,23)(H2,12,13,14)(H2,17,18,19)/t5?,6-,7?,9?/m0/s1. The Morgan fingerprint density at radius 1 is 1.00 bits per heavy atom. The fraction of sp³-hybridized carbons (Fsp3) is 0.545. The molecular weight excluding hydrogens is 455 g/mol. The van der Waals surface area contributed by atoms with E-state index < -0.39 is 29.6 Å². The topological polar surface area (TPSA) is 229 Å².